The van der Waals surface area contributed by atoms with Gasteiger partial charge in [0.2, 0.25) is 0 Å². The van der Waals surface area contributed by atoms with Gasteiger partial charge in [-0.25, -0.2) is 4.98 Å². The first-order valence-electron chi connectivity index (χ1n) is 4.84. The summed E-state index contributed by atoms with van der Waals surface area (Å²) in [4.78, 5) is 3.70. The zero-order valence-corrected chi connectivity index (χ0v) is 9.12. The lowest BCUT2D eigenvalue weighted by Crippen LogP contribution is -2.42. The van der Waals surface area contributed by atoms with E-state index in [0.717, 1.165) is 18.3 Å². The molecule has 0 radical (unpaired) electrons. The van der Waals surface area contributed by atoms with Gasteiger partial charge >= 0.3 is 6.18 Å². The minimum atomic E-state index is -4.45. The third-order valence-corrected chi connectivity index (χ3v) is 2.22. The van der Waals surface area contributed by atoms with Crippen molar-refractivity contribution in [3.63, 3.8) is 0 Å². The van der Waals surface area contributed by atoms with E-state index in [1.165, 1.54) is 6.92 Å². The van der Waals surface area contributed by atoms with Crippen molar-refractivity contribution in [2.45, 2.75) is 18.6 Å². The standard InChI is InChI=1S/C10H13F3N2O2/c1-9(5-16,6-17)15-8-4-7(2-3-14-8)10(11,12)13/h2-4,16-17H,5-6H2,1H3,(H,14,15). The fourth-order valence-corrected chi connectivity index (χ4v) is 1.11. The smallest absolute Gasteiger partial charge is 0.394 e. The maximum atomic E-state index is 12.4. The molecule has 3 N–H and O–H groups in total. The third-order valence-electron chi connectivity index (χ3n) is 2.22. The molecule has 0 saturated heterocycles. The highest BCUT2D eigenvalue weighted by Crippen LogP contribution is 2.30. The molecule has 1 heterocycles. The van der Waals surface area contributed by atoms with Gasteiger partial charge in [0.1, 0.15) is 5.82 Å². The predicted octanol–water partition coefficient (Wildman–Crippen LogP) is 1.26. The highest BCUT2D eigenvalue weighted by Gasteiger charge is 2.31. The Balaban J connectivity index is 2.93. The molecule has 0 aliphatic heterocycles. The monoisotopic (exact) mass is 250 g/mol. The lowest BCUT2D eigenvalue weighted by Gasteiger charge is -2.27. The summed E-state index contributed by atoms with van der Waals surface area (Å²) < 4.78 is 37.2. The van der Waals surface area contributed by atoms with Gasteiger partial charge in [-0.15, -0.1) is 0 Å². The lowest BCUT2D eigenvalue weighted by atomic mass is 10.1. The molecule has 0 fully saturated rings. The molecule has 1 rings (SSSR count). The van der Waals surface area contributed by atoms with E-state index in [9.17, 15) is 13.2 Å². The summed E-state index contributed by atoms with van der Waals surface area (Å²) in [5.74, 6) is -0.0505. The van der Waals surface area contributed by atoms with Gasteiger partial charge in [-0.3, -0.25) is 0 Å². The minimum absolute atomic E-state index is 0.0505. The van der Waals surface area contributed by atoms with Crippen LogP contribution >= 0.6 is 0 Å². The number of aliphatic hydroxyl groups is 2. The first kappa shape index (κ1) is 13.7. The van der Waals surface area contributed by atoms with Crippen molar-refractivity contribution in [3.05, 3.63) is 23.9 Å². The Morgan fingerprint density at radius 3 is 2.35 bits per heavy atom. The normalized spacial score (nSPS) is 12.6. The molecule has 0 spiro atoms. The number of aromatic nitrogens is 1. The Hall–Kier alpha value is -1.34. The second-order valence-electron chi connectivity index (χ2n) is 3.93. The maximum absolute atomic E-state index is 12.4. The Bertz CT molecular complexity index is 378. The van der Waals surface area contributed by atoms with E-state index < -0.39 is 30.5 Å². The van der Waals surface area contributed by atoms with Gasteiger partial charge in [-0.2, -0.15) is 13.2 Å². The van der Waals surface area contributed by atoms with Crippen LogP contribution < -0.4 is 5.32 Å². The van der Waals surface area contributed by atoms with Crippen LogP contribution in [0.3, 0.4) is 0 Å². The number of halogens is 3. The quantitative estimate of drug-likeness (QED) is 0.752. The zero-order valence-electron chi connectivity index (χ0n) is 9.12. The zero-order chi connectivity index (χ0) is 13.1. The number of nitrogens with zero attached hydrogens (tertiary/aromatic N) is 1. The number of hydrogen-bond acceptors (Lipinski definition) is 4. The summed E-state index contributed by atoms with van der Waals surface area (Å²) in [6.45, 7) is 0.609. The van der Waals surface area contributed by atoms with Crippen LogP contribution in [0, 0.1) is 0 Å². The third kappa shape index (κ3) is 3.57. The van der Waals surface area contributed by atoms with Gasteiger partial charge in [0, 0.05) is 6.20 Å². The Morgan fingerprint density at radius 2 is 1.88 bits per heavy atom. The van der Waals surface area contributed by atoms with E-state index in [-0.39, 0.29) is 5.82 Å². The van der Waals surface area contributed by atoms with Crippen LogP contribution in [0.15, 0.2) is 18.3 Å². The number of pyridine rings is 1. The molecule has 0 unspecified atom stereocenters. The van der Waals surface area contributed by atoms with Gasteiger partial charge in [0.25, 0.3) is 0 Å². The van der Waals surface area contributed by atoms with Crippen molar-refractivity contribution in [2.24, 2.45) is 0 Å². The maximum Gasteiger partial charge on any atom is 0.416 e. The van der Waals surface area contributed by atoms with Crippen molar-refractivity contribution in [1.29, 1.82) is 0 Å². The Kier molecular flexibility index (Phi) is 3.94. The number of rotatable bonds is 4. The molecule has 0 bridgehead atoms. The second kappa shape index (κ2) is 4.89. The first-order chi connectivity index (χ1) is 7.80. The average molecular weight is 250 g/mol. The van der Waals surface area contributed by atoms with Crippen LogP contribution in [-0.2, 0) is 6.18 Å². The summed E-state index contributed by atoms with van der Waals surface area (Å²) in [6, 6.07) is 1.67. The number of anilines is 1. The van der Waals surface area contributed by atoms with Gasteiger partial charge in [-0.05, 0) is 19.1 Å². The number of alkyl halides is 3. The number of nitrogens with one attached hydrogen (secondary N) is 1. The van der Waals surface area contributed by atoms with E-state index in [1.807, 2.05) is 0 Å². The second-order valence-corrected chi connectivity index (χ2v) is 3.93. The molecule has 1 aromatic heterocycles. The molecule has 0 saturated carbocycles. The summed E-state index contributed by atoms with van der Waals surface area (Å²) >= 11 is 0. The van der Waals surface area contributed by atoms with Crippen LogP contribution in [0.25, 0.3) is 0 Å². The summed E-state index contributed by atoms with van der Waals surface area (Å²) in [7, 11) is 0. The highest BCUT2D eigenvalue weighted by molar-refractivity contribution is 5.41. The van der Waals surface area contributed by atoms with Crippen LogP contribution in [0.5, 0.6) is 0 Å². The molecular weight excluding hydrogens is 237 g/mol. The molecule has 1 aromatic rings. The van der Waals surface area contributed by atoms with E-state index in [2.05, 4.69) is 10.3 Å². The van der Waals surface area contributed by atoms with Gasteiger partial charge in [-0.1, -0.05) is 0 Å². The summed E-state index contributed by atoms with van der Waals surface area (Å²) in [5, 5.41) is 20.6. The van der Waals surface area contributed by atoms with Crippen LogP contribution in [0.1, 0.15) is 12.5 Å². The lowest BCUT2D eigenvalue weighted by molar-refractivity contribution is -0.137. The van der Waals surface area contributed by atoms with Crippen LogP contribution in [0.4, 0.5) is 19.0 Å². The molecule has 7 heteroatoms. The molecule has 17 heavy (non-hydrogen) atoms. The molecule has 0 amide bonds. The van der Waals surface area contributed by atoms with Crippen molar-refractivity contribution >= 4 is 5.82 Å². The summed E-state index contributed by atoms with van der Waals surface area (Å²) in [5.41, 5.74) is -1.95. The summed E-state index contributed by atoms with van der Waals surface area (Å²) in [6.07, 6.45) is -3.44. The largest absolute Gasteiger partial charge is 0.416 e. The van der Waals surface area contributed by atoms with Crippen LogP contribution in [0.2, 0.25) is 0 Å². The van der Waals surface area contributed by atoms with Crippen molar-refractivity contribution in [1.82, 2.24) is 4.98 Å². The van der Waals surface area contributed by atoms with E-state index >= 15 is 0 Å². The van der Waals surface area contributed by atoms with Gasteiger partial charge < -0.3 is 15.5 Å². The van der Waals surface area contributed by atoms with E-state index in [0.29, 0.717) is 0 Å². The number of hydrogen-bond donors (Lipinski definition) is 3. The molecule has 0 aromatic carbocycles. The fraction of sp³-hybridized carbons (Fsp3) is 0.500. The number of aliphatic hydroxyl groups excluding tert-OH is 2. The van der Waals surface area contributed by atoms with Gasteiger partial charge in [0.05, 0.1) is 24.3 Å². The van der Waals surface area contributed by atoms with Gasteiger partial charge in [0.15, 0.2) is 0 Å². The molecular formula is C10H13F3N2O2. The van der Waals surface area contributed by atoms with Crippen molar-refractivity contribution in [3.8, 4) is 0 Å². The molecule has 4 nitrogen and oxygen atoms in total. The SMILES string of the molecule is CC(CO)(CO)Nc1cc(C(F)(F)F)ccn1. The molecule has 0 aliphatic carbocycles. The first-order valence-corrected chi connectivity index (χ1v) is 4.84. The average Bonchev–Trinajstić information content (AvgIpc) is 2.28. The van der Waals surface area contributed by atoms with Crippen molar-refractivity contribution < 1.29 is 23.4 Å². The molecule has 96 valence electrons. The van der Waals surface area contributed by atoms with E-state index in [4.69, 9.17) is 10.2 Å². The fourth-order valence-electron chi connectivity index (χ4n) is 1.11. The van der Waals surface area contributed by atoms with Crippen LogP contribution in [-0.4, -0.2) is 33.9 Å². The van der Waals surface area contributed by atoms with E-state index in [1.54, 1.807) is 0 Å². The van der Waals surface area contributed by atoms with Crippen molar-refractivity contribution in [2.75, 3.05) is 18.5 Å². The Labute approximate surface area is 96.1 Å². The molecule has 0 aliphatic rings. The topological polar surface area (TPSA) is 65.4 Å². The molecule has 0 atom stereocenters. The Morgan fingerprint density at radius 1 is 1.29 bits per heavy atom. The highest BCUT2D eigenvalue weighted by atomic mass is 19.4. The predicted molar refractivity (Wildman–Crippen MR) is 55.4 cm³/mol. The minimum Gasteiger partial charge on any atom is -0.394 e.